The van der Waals surface area contributed by atoms with Crippen molar-refractivity contribution in [1.82, 2.24) is 15.0 Å². The molecular weight excluding hydrogens is 402 g/mol. The molecule has 0 bridgehead atoms. The smallest absolute Gasteiger partial charge is 0.162 e. The van der Waals surface area contributed by atoms with Crippen LogP contribution in [0.25, 0.3) is 11.0 Å². The standard InChI is InChI=1S/C18H16F2N6O2S/c1-9-18(21)26-15(8-29(9,27)28)11-5-16(23-7-12(11)20)25-13-2-3-22-14-4-10(19)6-24-17(13)14/h2-7,9,15H,8H2,1H3,(H2,21,26)(H,22,23,25). The van der Waals surface area contributed by atoms with Crippen LogP contribution in [0.5, 0.6) is 0 Å². The number of aliphatic imine (C=N–C) groups is 1. The largest absolute Gasteiger partial charge is 0.386 e. The fraction of sp³-hybridized carbons (Fsp3) is 0.222. The molecule has 11 heteroatoms. The van der Waals surface area contributed by atoms with Crippen LogP contribution >= 0.6 is 0 Å². The van der Waals surface area contributed by atoms with Gasteiger partial charge in [-0.25, -0.2) is 27.2 Å². The Morgan fingerprint density at radius 1 is 1.17 bits per heavy atom. The normalized spacial score (nSPS) is 21.0. The van der Waals surface area contributed by atoms with E-state index in [4.69, 9.17) is 5.73 Å². The van der Waals surface area contributed by atoms with Crippen LogP contribution in [0.4, 0.5) is 20.3 Å². The van der Waals surface area contributed by atoms with E-state index in [1.807, 2.05) is 0 Å². The molecule has 4 heterocycles. The fourth-order valence-corrected chi connectivity index (χ4v) is 4.46. The average molecular weight is 418 g/mol. The Bertz CT molecular complexity index is 1250. The van der Waals surface area contributed by atoms with Crippen molar-refractivity contribution in [2.75, 3.05) is 11.1 Å². The van der Waals surface area contributed by atoms with E-state index in [0.717, 1.165) is 12.4 Å². The second kappa shape index (κ2) is 6.99. The summed E-state index contributed by atoms with van der Waals surface area (Å²) in [5.41, 5.74) is 7.01. The number of halogens is 2. The van der Waals surface area contributed by atoms with E-state index in [9.17, 15) is 17.2 Å². The van der Waals surface area contributed by atoms with E-state index in [-0.39, 0.29) is 23.0 Å². The van der Waals surface area contributed by atoms with Crippen molar-refractivity contribution >= 4 is 38.2 Å². The number of sulfone groups is 1. The van der Waals surface area contributed by atoms with Crippen molar-refractivity contribution in [3.63, 3.8) is 0 Å². The lowest BCUT2D eigenvalue weighted by Gasteiger charge is -2.24. The molecule has 0 aliphatic carbocycles. The molecule has 2 unspecified atom stereocenters. The summed E-state index contributed by atoms with van der Waals surface area (Å²) in [5, 5.41) is 2.08. The number of rotatable bonds is 3. The maximum absolute atomic E-state index is 14.4. The zero-order valence-electron chi connectivity index (χ0n) is 15.2. The molecule has 0 aromatic carbocycles. The van der Waals surface area contributed by atoms with Gasteiger partial charge < -0.3 is 11.1 Å². The van der Waals surface area contributed by atoms with Gasteiger partial charge in [0.1, 0.15) is 34.1 Å². The second-order valence-corrected chi connectivity index (χ2v) is 9.00. The van der Waals surface area contributed by atoms with Crippen molar-refractivity contribution in [3.8, 4) is 0 Å². The lowest BCUT2D eigenvalue weighted by molar-refractivity contribution is 0.565. The molecule has 1 aliphatic heterocycles. The lowest BCUT2D eigenvalue weighted by atomic mass is 10.1. The van der Waals surface area contributed by atoms with Gasteiger partial charge in [0.2, 0.25) is 0 Å². The molecule has 3 N–H and O–H groups in total. The Labute approximate surface area is 164 Å². The third-order valence-corrected chi connectivity index (χ3v) is 6.80. The number of nitrogens with two attached hydrogens (primary N) is 1. The number of aromatic nitrogens is 3. The van der Waals surface area contributed by atoms with Crippen molar-refractivity contribution in [2.45, 2.75) is 18.2 Å². The second-order valence-electron chi connectivity index (χ2n) is 6.64. The van der Waals surface area contributed by atoms with Gasteiger partial charge in [-0.05, 0) is 19.1 Å². The first-order valence-corrected chi connectivity index (χ1v) is 10.3. The predicted molar refractivity (Wildman–Crippen MR) is 105 cm³/mol. The number of nitrogens with one attached hydrogen (secondary N) is 1. The molecule has 2 atom stereocenters. The van der Waals surface area contributed by atoms with Gasteiger partial charge in [0.15, 0.2) is 9.84 Å². The first kappa shape index (κ1) is 19.1. The number of pyridine rings is 3. The Hall–Kier alpha value is -3.21. The summed E-state index contributed by atoms with van der Waals surface area (Å²) in [6, 6.07) is 3.25. The molecule has 0 saturated carbocycles. The molecule has 29 heavy (non-hydrogen) atoms. The first-order chi connectivity index (χ1) is 13.7. The van der Waals surface area contributed by atoms with Crippen LogP contribution in [0.3, 0.4) is 0 Å². The highest BCUT2D eigenvalue weighted by molar-refractivity contribution is 7.92. The summed E-state index contributed by atoms with van der Waals surface area (Å²) in [6.07, 6.45) is 3.51. The van der Waals surface area contributed by atoms with Crippen molar-refractivity contribution in [2.24, 2.45) is 10.7 Å². The number of anilines is 2. The molecule has 3 aromatic rings. The molecule has 4 rings (SSSR count). The van der Waals surface area contributed by atoms with Gasteiger partial charge in [-0.3, -0.25) is 9.98 Å². The van der Waals surface area contributed by atoms with Gasteiger partial charge in [-0.1, -0.05) is 0 Å². The summed E-state index contributed by atoms with van der Waals surface area (Å²) in [5.74, 6) is -1.38. The van der Waals surface area contributed by atoms with E-state index in [1.165, 1.54) is 25.3 Å². The molecule has 0 amide bonds. The van der Waals surface area contributed by atoms with Gasteiger partial charge in [0.05, 0.1) is 35.4 Å². The van der Waals surface area contributed by atoms with Gasteiger partial charge in [0, 0.05) is 17.8 Å². The highest BCUT2D eigenvalue weighted by Gasteiger charge is 2.35. The highest BCUT2D eigenvalue weighted by Crippen LogP contribution is 2.30. The maximum atomic E-state index is 14.4. The first-order valence-electron chi connectivity index (χ1n) is 8.62. The number of amidine groups is 1. The minimum Gasteiger partial charge on any atom is -0.386 e. The van der Waals surface area contributed by atoms with Crippen molar-refractivity contribution in [3.05, 3.63) is 54.0 Å². The number of nitrogens with zero attached hydrogens (tertiary/aromatic N) is 4. The molecule has 8 nitrogen and oxygen atoms in total. The minimum absolute atomic E-state index is 0.0540. The Morgan fingerprint density at radius 3 is 2.72 bits per heavy atom. The average Bonchev–Trinajstić information content (AvgIpc) is 2.67. The van der Waals surface area contributed by atoms with Crippen LogP contribution in [0.2, 0.25) is 0 Å². The monoisotopic (exact) mass is 418 g/mol. The van der Waals surface area contributed by atoms with E-state index in [1.54, 1.807) is 6.07 Å². The van der Waals surface area contributed by atoms with E-state index in [0.29, 0.717) is 16.7 Å². The van der Waals surface area contributed by atoms with Crippen LogP contribution in [-0.4, -0.2) is 40.2 Å². The molecule has 150 valence electrons. The van der Waals surface area contributed by atoms with Gasteiger partial charge in [-0.2, -0.15) is 0 Å². The van der Waals surface area contributed by atoms with Crippen molar-refractivity contribution in [1.29, 1.82) is 0 Å². The number of fused-ring (bicyclic) bond motifs is 1. The summed E-state index contributed by atoms with van der Waals surface area (Å²) in [4.78, 5) is 16.2. The molecule has 3 aromatic heterocycles. The van der Waals surface area contributed by atoms with Gasteiger partial charge in [0.25, 0.3) is 0 Å². The summed E-state index contributed by atoms with van der Waals surface area (Å²) in [6.45, 7) is 1.45. The number of hydrogen-bond acceptors (Lipinski definition) is 8. The Balaban J connectivity index is 1.72. The zero-order chi connectivity index (χ0) is 20.8. The van der Waals surface area contributed by atoms with Gasteiger partial charge in [-0.15, -0.1) is 0 Å². The minimum atomic E-state index is -3.55. The third-order valence-electron chi connectivity index (χ3n) is 4.70. The molecule has 0 fully saturated rings. The van der Waals surface area contributed by atoms with Crippen LogP contribution in [0.15, 0.2) is 41.8 Å². The number of hydrogen-bond donors (Lipinski definition) is 2. The molecule has 0 spiro atoms. The molecule has 1 aliphatic rings. The van der Waals surface area contributed by atoms with Gasteiger partial charge >= 0.3 is 0 Å². The predicted octanol–water partition coefficient (Wildman–Crippen LogP) is 2.26. The van der Waals surface area contributed by atoms with Crippen molar-refractivity contribution < 1.29 is 17.2 Å². The van der Waals surface area contributed by atoms with E-state index >= 15 is 0 Å². The zero-order valence-corrected chi connectivity index (χ0v) is 16.0. The van der Waals surface area contributed by atoms with Crippen LogP contribution in [-0.2, 0) is 9.84 Å². The van der Waals surface area contributed by atoms with E-state index in [2.05, 4.69) is 25.3 Å². The molecular formula is C18H16F2N6O2S. The summed E-state index contributed by atoms with van der Waals surface area (Å²) >= 11 is 0. The molecule has 0 saturated heterocycles. The topological polar surface area (TPSA) is 123 Å². The SMILES string of the molecule is CC1C(N)=NC(c2cc(Nc3ccnc4cc(F)cnc34)ncc2F)CS1(=O)=O. The lowest BCUT2D eigenvalue weighted by Crippen LogP contribution is -2.40. The van der Waals surface area contributed by atoms with E-state index < -0.39 is 32.8 Å². The van der Waals surface area contributed by atoms with Crippen LogP contribution in [0.1, 0.15) is 18.5 Å². The quantitative estimate of drug-likeness (QED) is 0.669. The Kier molecular flexibility index (Phi) is 4.61. The molecule has 0 radical (unpaired) electrons. The summed E-state index contributed by atoms with van der Waals surface area (Å²) < 4.78 is 52.3. The third kappa shape index (κ3) is 3.60. The fourth-order valence-electron chi connectivity index (χ4n) is 3.05. The highest BCUT2D eigenvalue weighted by atomic mass is 32.2. The van der Waals surface area contributed by atoms with Crippen LogP contribution in [0, 0.1) is 11.6 Å². The maximum Gasteiger partial charge on any atom is 0.162 e. The Morgan fingerprint density at radius 2 is 1.97 bits per heavy atom. The summed E-state index contributed by atoms with van der Waals surface area (Å²) in [7, 11) is -3.55. The van der Waals surface area contributed by atoms with Crippen LogP contribution < -0.4 is 11.1 Å².